The number of aromatic hydroxyl groups is 1. The molecule has 3 N–H and O–H groups in total. The van der Waals surface area contributed by atoms with Gasteiger partial charge >= 0.3 is 0 Å². The van der Waals surface area contributed by atoms with E-state index in [1.165, 1.54) is 12.1 Å². The van der Waals surface area contributed by atoms with E-state index in [4.69, 9.17) is 9.47 Å². The number of benzene rings is 1. The Balaban J connectivity index is 2.06. The molecule has 1 aromatic carbocycles. The smallest absolute Gasteiger partial charge is 0.258 e. The van der Waals surface area contributed by atoms with Gasteiger partial charge in [-0.05, 0) is 19.8 Å². The summed E-state index contributed by atoms with van der Waals surface area (Å²) in [7, 11) is 0. The predicted molar refractivity (Wildman–Crippen MR) is 95.7 cm³/mol. The maximum atomic E-state index is 12.2. The first kappa shape index (κ1) is 20.0. The van der Waals surface area contributed by atoms with E-state index in [2.05, 4.69) is 5.32 Å². The molecular formula is C19H27NO6. The number of phenolic OH excluding ortho intramolecular Hbond substituents is 1. The molecule has 0 radical (unpaired) electrons. The molecule has 144 valence electrons. The average molecular weight is 365 g/mol. The van der Waals surface area contributed by atoms with Crippen molar-refractivity contribution in [2.45, 2.75) is 52.2 Å². The monoisotopic (exact) mass is 365 g/mol. The Labute approximate surface area is 153 Å². The van der Waals surface area contributed by atoms with Gasteiger partial charge in [-0.15, -0.1) is 0 Å². The number of fused-ring (bicyclic) bond motifs is 1. The zero-order valence-electron chi connectivity index (χ0n) is 15.7. The van der Waals surface area contributed by atoms with Crippen molar-refractivity contribution in [3.05, 3.63) is 17.7 Å². The van der Waals surface area contributed by atoms with Crippen LogP contribution in [0.5, 0.6) is 17.2 Å². The number of hydrogen-bond donors (Lipinski definition) is 3. The first-order chi connectivity index (χ1) is 12.2. The Morgan fingerprint density at radius 2 is 2.12 bits per heavy atom. The molecule has 0 unspecified atom stereocenters. The second-order valence-corrected chi connectivity index (χ2v) is 7.31. The lowest BCUT2D eigenvalue weighted by Gasteiger charge is -2.32. The lowest BCUT2D eigenvalue weighted by molar-refractivity contribution is -0.124. The zero-order valence-corrected chi connectivity index (χ0v) is 15.7. The highest BCUT2D eigenvalue weighted by Crippen LogP contribution is 2.40. The normalized spacial score (nSPS) is 17.7. The maximum absolute atomic E-state index is 12.2. The molecule has 0 fully saturated rings. The van der Waals surface area contributed by atoms with Gasteiger partial charge in [0.15, 0.2) is 12.4 Å². The number of ketones is 1. The number of phenols is 1. The van der Waals surface area contributed by atoms with E-state index in [1.54, 1.807) is 13.8 Å². The average Bonchev–Trinajstić information content (AvgIpc) is 2.55. The molecule has 7 nitrogen and oxygen atoms in total. The van der Waals surface area contributed by atoms with E-state index in [9.17, 15) is 19.8 Å². The van der Waals surface area contributed by atoms with Crippen LogP contribution in [0.3, 0.4) is 0 Å². The number of aliphatic hydroxyl groups excluding tert-OH is 1. The van der Waals surface area contributed by atoms with Crippen LogP contribution in [-0.4, -0.2) is 46.8 Å². The van der Waals surface area contributed by atoms with E-state index < -0.39 is 5.60 Å². The number of carbonyl (C=O) groups is 2. The zero-order chi connectivity index (χ0) is 19.5. The van der Waals surface area contributed by atoms with Gasteiger partial charge in [-0.2, -0.15) is 0 Å². The van der Waals surface area contributed by atoms with Crippen LogP contribution in [0.25, 0.3) is 0 Å². The highest BCUT2D eigenvalue weighted by atomic mass is 16.5. The number of aliphatic hydroxyl groups is 1. The summed E-state index contributed by atoms with van der Waals surface area (Å²) in [5.41, 5.74) is -0.532. The molecule has 0 saturated carbocycles. The van der Waals surface area contributed by atoms with Gasteiger partial charge in [0.1, 0.15) is 28.4 Å². The molecule has 1 amide bonds. The first-order valence-corrected chi connectivity index (χ1v) is 8.79. The van der Waals surface area contributed by atoms with Crippen LogP contribution in [0.1, 0.15) is 50.9 Å². The molecule has 1 aliphatic heterocycles. The number of Topliss-reactive ketones (excluding diaryl/α,β-unsaturated/α-hetero) is 1. The fourth-order valence-electron chi connectivity index (χ4n) is 2.88. The molecule has 0 spiro atoms. The van der Waals surface area contributed by atoms with Crippen LogP contribution in [0.4, 0.5) is 0 Å². The molecule has 1 heterocycles. The Morgan fingerprint density at radius 1 is 1.42 bits per heavy atom. The van der Waals surface area contributed by atoms with Crippen molar-refractivity contribution in [2.24, 2.45) is 5.92 Å². The van der Waals surface area contributed by atoms with Crippen molar-refractivity contribution < 1.29 is 29.3 Å². The van der Waals surface area contributed by atoms with Gasteiger partial charge in [0.25, 0.3) is 5.91 Å². The van der Waals surface area contributed by atoms with E-state index in [0.717, 1.165) is 6.42 Å². The van der Waals surface area contributed by atoms with Crippen molar-refractivity contribution in [3.8, 4) is 17.2 Å². The van der Waals surface area contributed by atoms with Gasteiger partial charge in [-0.1, -0.05) is 20.3 Å². The van der Waals surface area contributed by atoms with Gasteiger partial charge < -0.3 is 25.0 Å². The maximum Gasteiger partial charge on any atom is 0.258 e. The van der Waals surface area contributed by atoms with E-state index in [1.807, 2.05) is 13.8 Å². The quantitative estimate of drug-likeness (QED) is 0.683. The van der Waals surface area contributed by atoms with E-state index in [0.29, 0.717) is 0 Å². The standard InChI is InChI=1S/C19H27NO6/c1-5-11(2)13(9-21)20-17(24)10-25-12-6-14(22)18-15(23)8-19(3,4)26-16(18)7-12/h6-7,11,13,21-22H,5,8-10H2,1-4H3,(H,20,24)/t11-,13-/m0/s1. The number of rotatable bonds is 7. The molecule has 1 aromatic rings. The lowest BCUT2D eigenvalue weighted by Crippen LogP contribution is -2.43. The Kier molecular flexibility index (Phi) is 6.13. The highest BCUT2D eigenvalue weighted by Gasteiger charge is 2.35. The minimum atomic E-state index is -0.669. The summed E-state index contributed by atoms with van der Waals surface area (Å²) in [6.45, 7) is 7.08. The first-order valence-electron chi connectivity index (χ1n) is 8.79. The number of amides is 1. The topological polar surface area (TPSA) is 105 Å². The Hall–Kier alpha value is -2.28. The third kappa shape index (κ3) is 4.66. The van der Waals surface area contributed by atoms with Crippen molar-refractivity contribution in [2.75, 3.05) is 13.2 Å². The summed E-state index contributed by atoms with van der Waals surface area (Å²) >= 11 is 0. The molecule has 0 bridgehead atoms. The minimum absolute atomic E-state index is 0.137. The second kappa shape index (κ2) is 7.95. The molecule has 0 saturated heterocycles. The third-order valence-corrected chi connectivity index (χ3v) is 4.55. The van der Waals surface area contributed by atoms with Gasteiger partial charge in [-0.25, -0.2) is 0 Å². The van der Waals surface area contributed by atoms with Crippen LogP contribution in [0.15, 0.2) is 12.1 Å². The number of ether oxygens (including phenoxy) is 2. The fraction of sp³-hybridized carbons (Fsp3) is 0.579. The Morgan fingerprint density at radius 3 is 2.73 bits per heavy atom. The number of hydrogen-bond acceptors (Lipinski definition) is 6. The minimum Gasteiger partial charge on any atom is -0.507 e. The van der Waals surface area contributed by atoms with Gasteiger partial charge in [0.2, 0.25) is 0 Å². The highest BCUT2D eigenvalue weighted by molar-refractivity contribution is 6.03. The van der Waals surface area contributed by atoms with Crippen molar-refractivity contribution >= 4 is 11.7 Å². The van der Waals surface area contributed by atoms with Crippen LogP contribution in [0.2, 0.25) is 0 Å². The summed E-state index contributed by atoms with van der Waals surface area (Å²) in [4.78, 5) is 24.2. The molecule has 2 rings (SSSR count). The lowest BCUT2D eigenvalue weighted by atomic mass is 9.92. The Bertz CT molecular complexity index is 685. The van der Waals surface area contributed by atoms with Crippen LogP contribution in [0, 0.1) is 5.92 Å². The molecular weight excluding hydrogens is 338 g/mol. The molecule has 7 heteroatoms. The molecule has 0 aliphatic carbocycles. The van der Waals surface area contributed by atoms with E-state index in [-0.39, 0.29) is 66.1 Å². The summed E-state index contributed by atoms with van der Waals surface area (Å²) in [5.74, 6) is -0.193. The second-order valence-electron chi connectivity index (χ2n) is 7.31. The predicted octanol–water partition coefficient (Wildman–Crippen LogP) is 2.04. The largest absolute Gasteiger partial charge is 0.507 e. The summed E-state index contributed by atoms with van der Waals surface area (Å²) < 4.78 is 11.2. The van der Waals surface area contributed by atoms with Crippen molar-refractivity contribution in [1.82, 2.24) is 5.32 Å². The van der Waals surface area contributed by atoms with Gasteiger partial charge in [-0.3, -0.25) is 9.59 Å². The summed E-state index contributed by atoms with van der Waals surface area (Å²) in [6, 6.07) is 2.46. The van der Waals surface area contributed by atoms with Crippen LogP contribution >= 0.6 is 0 Å². The van der Waals surface area contributed by atoms with Gasteiger partial charge in [0, 0.05) is 12.1 Å². The SMILES string of the molecule is CC[C@H](C)[C@H](CO)NC(=O)COc1cc(O)c2c(c1)OC(C)(C)CC2=O. The summed E-state index contributed by atoms with van der Waals surface area (Å²) in [5, 5.41) is 22.2. The molecule has 0 aromatic heterocycles. The van der Waals surface area contributed by atoms with Crippen LogP contribution in [-0.2, 0) is 4.79 Å². The molecule has 1 aliphatic rings. The molecule has 26 heavy (non-hydrogen) atoms. The molecule has 2 atom stereocenters. The van der Waals surface area contributed by atoms with Crippen molar-refractivity contribution in [3.63, 3.8) is 0 Å². The van der Waals surface area contributed by atoms with Crippen LogP contribution < -0.4 is 14.8 Å². The number of nitrogens with one attached hydrogen (secondary N) is 1. The van der Waals surface area contributed by atoms with Crippen molar-refractivity contribution in [1.29, 1.82) is 0 Å². The summed E-state index contributed by atoms with van der Waals surface area (Å²) in [6.07, 6.45) is 1.00. The van der Waals surface area contributed by atoms with Gasteiger partial charge in [0.05, 0.1) is 19.1 Å². The number of carbonyl (C=O) groups excluding carboxylic acids is 2. The fourth-order valence-corrected chi connectivity index (χ4v) is 2.88. The van der Waals surface area contributed by atoms with E-state index >= 15 is 0 Å². The third-order valence-electron chi connectivity index (χ3n) is 4.55.